The Kier molecular flexibility index (Phi) is 5.51. The third-order valence-electron chi connectivity index (χ3n) is 3.24. The summed E-state index contributed by atoms with van der Waals surface area (Å²) in [5.41, 5.74) is 5.82. The second kappa shape index (κ2) is 7.77. The fourth-order valence-corrected chi connectivity index (χ4v) is 1.96. The van der Waals surface area contributed by atoms with Gasteiger partial charge in [-0.3, -0.25) is 25.2 Å². The molecule has 7 nitrogen and oxygen atoms in total. The molecule has 0 spiro atoms. The average molecular weight is 327 g/mol. The van der Waals surface area contributed by atoms with Crippen LogP contribution in [-0.4, -0.2) is 24.8 Å². The van der Waals surface area contributed by atoms with Crippen LogP contribution in [0, 0.1) is 6.92 Å². The summed E-state index contributed by atoms with van der Waals surface area (Å²) in [5, 5.41) is 2.47. The smallest absolute Gasteiger partial charge is 0.328 e. The molecule has 7 heteroatoms. The number of hydrazine groups is 1. The zero-order chi connectivity index (χ0) is 17.5. The highest BCUT2D eigenvalue weighted by molar-refractivity contribution is 6.39. The molecule has 24 heavy (non-hydrogen) atoms. The van der Waals surface area contributed by atoms with Crippen LogP contribution < -0.4 is 20.9 Å². The minimum absolute atomic E-state index is 0.236. The van der Waals surface area contributed by atoms with Gasteiger partial charge in [-0.2, -0.15) is 0 Å². The maximum atomic E-state index is 12.0. The van der Waals surface area contributed by atoms with Crippen molar-refractivity contribution in [3.8, 4) is 5.75 Å². The SMILES string of the molecule is COc1ccccc1C(=O)NNC(=O)C(=O)Nc1ccccc1C. The largest absolute Gasteiger partial charge is 0.496 e. The van der Waals surface area contributed by atoms with Gasteiger partial charge in [-0.1, -0.05) is 30.3 Å². The monoisotopic (exact) mass is 327 g/mol. The molecule has 0 aromatic heterocycles. The van der Waals surface area contributed by atoms with E-state index < -0.39 is 17.7 Å². The molecule has 0 atom stereocenters. The van der Waals surface area contributed by atoms with Crippen LogP contribution in [0.25, 0.3) is 0 Å². The summed E-state index contributed by atoms with van der Waals surface area (Å²) >= 11 is 0. The topological polar surface area (TPSA) is 96.5 Å². The van der Waals surface area contributed by atoms with Crippen molar-refractivity contribution in [2.24, 2.45) is 0 Å². The molecule has 0 saturated carbocycles. The van der Waals surface area contributed by atoms with Crippen LogP contribution in [0.15, 0.2) is 48.5 Å². The first-order valence-electron chi connectivity index (χ1n) is 7.13. The molecule has 0 aliphatic carbocycles. The lowest BCUT2D eigenvalue weighted by Crippen LogP contribution is -2.46. The van der Waals surface area contributed by atoms with Crippen LogP contribution in [0.1, 0.15) is 15.9 Å². The molecule has 3 N–H and O–H groups in total. The molecule has 0 fully saturated rings. The number of rotatable bonds is 3. The lowest BCUT2D eigenvalue weighted by atomic mass is 10.2. The molecule has 0 heterocycles. The highest BCUT2D eigenvalue weighted by atomic mass is 16.5. The Morgan fingerprint density at radius 1 is 0.875 bits per heavy atom. The lowest BCUT2D eigenvalue weighted by Gasteiger charge is -2.11. The van der Waals surface area contributed by atoms with Gasteiger partial charge in [0.25, 0.3) is 5.91 Å². The Morgan fingerprint density at radius 2 is 1.54 bits per heavy atom. The Bertz CT molecular complexity index is 774. The number of benzene rings is 2. The molecular weight excluding hydrogens is 310 g/mol. The zero-order valence-electron chi connectivity index (χ0n) is 13.3. The molecule has 0 radical (unpaired) electrons. The number of carbonyl (C=O) groups excluding carboxylic acids is 3. The van der Waals surface area contributed by atoms with Gasteiger partial charge in [-0.05, 0) is 30.7 Å². The molecule has 0 aliphatic rings. The normalized spacial score (nSPS) is 9.75. The van der Waals surface area contributed by atoms with Crippen LogP contribution in [0.2, 0.25) is 0 Å². The first-order valence-corrected chi connectivity index (χ1v) is 7.13. The number of carbonyl (C=O) groups is 3. The van der Waals surface area contributed by atoms with E-state index >= 15 is 0 Å². The van der Waals surface area contributed by atoms with Crippen molar-refractivity contribution in [3.63, 3.8) is 0 Å². The van der Waals surface area contributed by atoms with Gasteiger partial charge in [-0.15, -0.1) is 0 Å². The minimum atomic E-state index is -0.985. The number of para-hydroxylation sites is 2. The first-order chi connectivity index (χ1) is 11.5. The van der Waals surface area contributed by atoms with E-state index in [2.05, 4.69) is 16.2 Å². The van der Waals surface area contributed by atoms with Crippen LogP contribution in [0.3, 0.4) is 0 Å². The molecule has 124 valence electrons. The number of anilines is 1. The van der Waals surface area contributed by atoms with Gasteiger partial charge in [-0.25, -0.2) is 0 Å². The van der Waals surface area contributed by atoms with Crippen molar-refractivity contribution in [3.05, 3.63) is 59.7 Å². The Balaban J connectivity index is 1.94. The fraction of sp³-hybridized carbons (Fsp3) is 0.118. The number of aryl methyl sites for hydroxylation is 1. The summed E-state index contributed by atoms with van der Waals surface area (Å²) in [6.07, 6.45) is 0. The lowest BCUT2D eigenvalue weighted by molar-refractivity contribution is -0.136. The maximum absolute atomic E-state index is 12.0. The summed E-state index contributed by atoms with van der Waals surface area (Å²) in [5.74, 6) is -2.11. The molecular formula is C17H17N3O4. The standard InChI is InChI=1S/C17H17N3O4/c1-11-7-3-5-9-13(11)18-16(22)17(23)20-19-15(21)12-8-4-6-10-14(12)24-2/h3-10H,1-2H3,(H,18,22)(H,19,21)(H,20,23). The first kappa shape index (κ1) is 17.0. The summed E-state index contributed by atoms with van der Waals surface area (Å²) in [7, 11) is 1.43. The van der Waals surface area contributed by atoms with E-state index in [1.807, 2.05) is 6.07 Å². The Hall–Kier alpha value is -3.35. The summed E-state index contributed by atoms with van der Waals surface area (Å²) in [6.45, 7) is 1.80. The van der Waals surface area contributed by atoms with E-state index in [-0.39, 0.29) is 5.56 Å². The highest BCUT2D eigenvalue weighted by Gasteiger charge is 2.17. The van der Waals surface area contributed by atoms with Crippen molar-refractivity contribution in [2.45, 2.75) is 6.92 Å². The second-order valence-corrected chi connectivity index (χ2v) is 4.88. The number of methoxy groups -OCH3 is 1. The third-order valence-corrected chi connectivity index (χ3v) is 3.24. The Labute approximate surface area is 139 Å². The molecule has 2 aromatic carbocycles. The highest BCUT2D eigenvalue weighted by Crippen LogP contribution is 2.16. The number of hydrogen-bond acceptors (Lipinski definition) is 4. The van der Waals surface area contributed by atoms with Crippen molar-refractivity contribution < 1.29 is 19.1 Å². The molecule has 0 bridgehead atoms. The average Bonchev–Trinajstić information content (AvgIpc) is 2.61. The second-order valence-electron chi connectivity index (χ2n) is 4.88. The van der Waals surface area contributed by atoms with Crippen molar-refractivity contribution in [1.82, 2.24) is 10.9 Å². The molecule has 2 aromatic rings. The van der Waals surface area contributed by atoms with E-state index in [4.69, 9.17) is 4.74 Å². The predicted molar refractivity (Wildman–Crippen MR) is 88.4 cm³/mol. The fourth-order valence-electron chi connectivity index (χ4n) is 1.96. The van der Waals surface area contributed by atoms with Crippen LogP contribution in [0.5, 0.6) is 5.75 Å². The van der Waals surface area contributed by atoms with Crippen molar-refractivity contribution in [2.75, 3.05) is 12.4 Å². The molecule has 0 unspecified atom stereocenters. The molecule has 0 aliphatic heterocycles. The van der Waals surface area contributed by atoms with Crippen LogP contribution >= 0.6 is 0 Å². The van der Waals surface area contributed by atoms with Gasteiger partial charge in [0.05, 0.1) is 12.7 Å². The summed E-state index contributed by atoms with van der Waals surface area (Å²) in [4.78, 5) is 35.6. The molecule has 2 rings (SSSR count). The quantitative estimate of drug-likeness (QED) is 0.586. The van der Waals surface area contributed by atoms with E-state index in [1.165, 1.54) is 13.2 Å². The molecule has 3 amide bonds. The predicted octanol–water partition coefficient (Wildman–Crippen LogP) is 1.40. The molecule has 0 saturated heterocycles. The summed E-state index contributed by atoms with van der Waals surface area (Å²) < 4.78 is 5.06. The maximum Gasteiger partial charge on any atom is 0.328 e. The number of amides is 3. The minimum Gasteiger partial charge on any atom is -0.496 e. The van der Waals surface area contributed by atoms with Crippen molar-refractivity contribution >= 4 is 23.4 Å². The van der Waals surface area contributed by atoms with Gasteiger partial charge < -0.3 is 10.1 Å². The van der Waals surface area contributed by atoms with E-state index in [9.17, 15) is 14.4 Å². The third kappa shape index (κ3) is 4.10. The summed E-state index contributed by atoms with van der Waals surface area (Å²) in [6, 6.07) is 13.6. The Morgan fingerprint density at radius 3 is 2.25 bits per heavy atom. The van der Waals surface area contributed by atoms with Gasteiger partial charge in [0, 0.05) is 5.69 Å². The van der Waals surface area contributed by atoms with Crippen molar-refractivity contribution in [1.29, 1.82) is 0 Å². The van der Waals surface area contributed by atoms with Gasteiger partial charge in [0.1, 0.15) is 5.75 Å². The number of hydrogen-bond donors (Lipinski definition) is 3. The number of nitrogens with one attached hydrogen (secondary N) is 3. The van der Waals surface area contributed by atoms with E-state index in [0.717, 1.165) is 5.56 Å². The van der Waals surface area contributed by atoms with Crippen LogP contribution in [-0.2, 0) is 9.59 Å². The van der Waals surface area contributed by atoms with Gasteiger partial charge >= 0.3 is 11.8 Å². The number of ether oxygens (including phenoxy) is 1. The van der Waals surface area contributed by atoms with Gasteiger partial charge in [0.2, 0.25) is 0 Å². The van der Waals surface area contributed by atoms with Crippen LogP contribution in [0.4, 0.5) is 5.69 Å². The van der Waals surface area contributed by atoms with E-state index in [0.29, 0.717) is 11.4 Å². The zero-order valence-corrected chi connectivity index (χ0v) is 13.3. The van der Waals surface area contributed by atoms with E-state index in [1.54, 1.807) is 43.3 Å². The van der Waals surface area contributed by atoms with Gasteiger partial charge in [0.15, 0.2) is 0 Å².